The second-order valence-corrected chi connectivity index (χ2v) is 18.4. The third-order valence-corrected chi connectivity index (χ3v) is 14.3. The van der Waals surface area contributed by atoms with Crippen LogP contribution in [0.15, 0.2) is 47.7 Å². The maximum absolute atomic E-state index is 10.9. The van der Waals surface area contributed by atoms with E-state index in [4.69, 9.17) is 24.2 Å². The number of allylic oxidation sites excluding steroid dienone is 1. The number of aliphatic hydroxyl groups excluding tert-OH is 2. The van der Waals surface area contributed by atoms with Crippen molar-refractivity contribution in [2.45, 2.75) is 184 Å². The van der Waals surface area contributed by atoms with E-state index in [1.165, 1.54) is 83.5 Å². The molecule has 9 heteroatoms. The lowest BCUT2D eigenvalue weighted by atomic mass is 9.56. The summed E-state index contributed by atoms with van der Waals surface area (Å²) >= 11 is 1.95. The van der Waals surface area contributed by atoms with Gasteiger partial charge in [0, 0.05) is 37.5 Å². The number of thioether (sulfide) groups is 1. The van der Waals surface area contributed by atoms with Crippen molar-refractivity contribution >= 4 is 17.5 Å². The number of aliphatic hydroxyl groups is 2. The SMILES string of the molecule is C=CCO[C@@]12Oc3ccc(O)cc3[C@H]3[C@H](CCCCO)[C@@H](CCCCO)C=C(C(=NOC4CCCCO4)C[C@@H]1SCCCCCCCCCCCCCCCC)[C@H]32. The molecule has 2 aliphatic carbocycles. The second-order valence-electron chi connectivity index (χ2n) is 17.1. The molecule has 5 rings (SSSR count). The number of unbranched alkanes of at least 4 members (excludes halogenated alkanes) is 15. The second kappa shape index (κ2) is 25.6. The van der Waals surface area contributed by atoms with Crippen LogP contribution in [0.5, 0.6) is 11.5 Å². The molecule has 2 heterocycles. The molecule has 0 amide bonds. The van der Waals surface area contributed by atoms with Crippen molar-refractivity contribution in [1.82, 2.24) is 0 Å². The van der Waals surface area contributed by atoms with Crippen molar-refractivity contribution in [3.8, 4) is 11.5 Å². The van der Waals surface area contributed by atoms with Gasteiger partial charge in [0.1, 0.15) is 11.5 Å². The molecule has 1 unspecified atom stereocenters. The van der Waals surface area contributed by atoms with Gasteiger partial charge in [0.25, 0.3) is 0 Å². The van der Waals surface area contributed by atoms with E-state index in [1.807, 2.05) is 30.0 Å². The molecule has 1 saturated carbocycles. The van der Waals surface area contributed by atoms with Gasteiger partial charge in [-0.15, -0.1) is 6.58 Å². The van der Waals surface area contributed by atoms with Gasteiger partial charge in [-0.05, 0) is 86.3 Å². The van der Waals surface area contributed by atoms with Crippen molar-refractivity contribution in [3.63, 3.8) is 0 Å². The number of hydrogen-bond donors (Lipinski definition) is 3. The molecule has 1 aromatic carbocycles. The van der Waals surface area contributed by atoms with Crippen molar-refractivity contribution < 1.29 is 34.4 Å². The zero-order valence-corrected chi connectivity index (χ0v) is 36.2. The van der Waals surface area contributed by atoms with Crippen LogP contribution in [0.2, 0.25) is 0 Å². The van der Waals surface area contributed by atoms with Crippen LogP contribution >= 0.6 is 11.8 Å². The Morgan fingerprint density at radius 1 is 0.877 bits per heavy atom. The van der Waals surface area contributed by atoms with Crippen molar-refractivity contribution in [1.29, 1.82) is 0 Å². The number of oxime groups is 1. The maximum Gasteiger partial charge on any atom is 0.230 e. The molecule has 2 fully saturated rings. The van der Waals surface area contributed by atoms with Crippen LogP contribution in [0.4, 0.5) is 0 Å². The summed E-state index contributed by atoms with van der Waals surface area (Å²) in [5.41, 5.74) is 3.08. The Labute approximate surface area is 349 Å². The molecule has 2 aliphatic heterocycles. The van der Waals surface area contributed by atoms with Gasteiger partial charge in [-0.1, -0.05) is 121 Å². The van der Waals surface area contributed by atoms with Gasteiger partial charge in [-0.2, -0.15) is 11.8 Å². The van der Waals surface area contributed by atoms with Crippen LogP contribution < -0.4 is 4.74 Å². The van der Waals surface area contributed by atoms with E-state index in [0.29, 0.717) is 19.6 Å². The third kappa shape index (κ3) is 13.2. The van der Waals surface area contributed by atoms with E-state index in [0.717, 1.165) is 92.6 Å². The minimum atomic E-state index is -0.971. The first-order valence-corrected chi connectivity index (χ1v) is 24.3. The summed E-state index contributed by atoms with van der Waals surface area (Å²) in [6.07, 6.45) is 31.5. The van der Waals surface area contributed by atoms with Crippen LogP contribution in [0, 0.1) is 17.8 Å². The van der Waals surface area contributed by atoms with E-state index in [2.05, 4.69) is 19.6 Å². The predicted molar refractivity (Wildman–Crippen MR) is 234 cm³/mol. The van der Waals surface area contributed by atoms with E-state index in [1.54, 1.807) is 6.07 Å². The van der Waals surface area contributed by atoms with Gasteiger partial charge in [-0.3, -0.25) is 0 Å². The van der Waals surface area contributed by atoms with Gasteiger partial charge in [0.2, 0.25) is 12.1 Å². The normalized spacial score (nSPS) is 27.4. The Hall–Kier alpha value is -2.04. The molecule has 0 spiro atoms. The van der Waals surface area contributed by atoms with Crippen LogP contribution in [-0.4, -0.2) is 70.5 Å². The van der Waals surface area contributed by atoms with E-state index in [9.17, 15) is 15.3 Å². The largest absolute Gasteiger partial charge is 0.508 e. The first-order valence-electron chi connectivity index (χ1n) is 23.2. The third-order valence-electron chi connectivity index (χ3n) is 12.9. The van der Waals surface area contributed by atoms with Crippen molar-refractivity contribution in [2.24, 2.45) is 22.9 Å². The predicted octanol–water partition coefficient (Wildman–Crippen LogP) is 11.8. The van der Waals surface area contributed by atoms with Crippen molar-refractivity contribution in [3.05, 3.63) is 48.1 Å². The first kappa shape index (κ1) is 46.0. The minimum Gasteiger partial charge on any atom is -0.508 e. The van der Waals surface area contributed by atoms with E-state index in [-0.39, 0.29) is 54.2 Å². The topological polar surface area (TPSA) is 110 Å². The zero-order valence-electron chi connectivity index (χ0n) is 35.4. The highest BCUT2D eigenvalue weighted by Gasteiger charge is 2.64. The minimum absolute atomic E-state index is 0.0101. The Bertz CT molecular complexity index is 1360. The summed E-state index contributed by atoms with van der Waals surface area (Å²) < 4.78 is 20.2. The highest BCUT2D eigenvalue weighted by atomic mass is 32.2. The fraction of sp³-hybridized carbons (Fsp3) is 0.771. The fourth-order valence-electron chi connectivity index (χ4n) is 9.92. The summed E-state index contributed by atoms with van der Waals surface area (Å²) in [6.45, 7) is 7.73. The quantitative estimate of drug-likeness (QED) is 0.0417. The average Bonchev–Trinajstić information content (AvgIpc) is 3.23. The Morgan fingerprint density at radius 3 is 2.21 bits per heavy atom. The molecule has 1 saturated heterocycles. The number of phenols is 1. The van der Waals surface area contributed by atoms with Gasteiger partial charge in [0.05, 0.1) is 30.1 Å². The monoisotopic (exact) mass is 812 g/mol. The molecule has 0 aromatic heterocycles. The summed E-state index contributed by atoms with van der Waals surface area (Å²) in [5, 5.41) is 35.4. The summed E-state index contributed by atoms with van der Waals surface area (Å²) in [5.74, 6) is 1.28. The standard InChI is InChI=1S/C48H77NO7S/c1-3-5-6-7-8-9-10-11-12-13-14-15-16-23-33-57-44-36-42(49-56-45-26-19-22-32-53-45)40-34-37(24-17-20-29-50)39(25-18-21-30-51)46-41-35-38(52)27-28-43(41)55-48(44,47(40)46)54-31-4-2/h4,27-28,34-35,37,39,44-47,50-52H,2-3,5-26,29-33,36H2,1H3/t37-,39+,44-,45?,46+,47+,48+/m0/s1. The number of rotatable bonds is 29. The number of nitrogens with zero attached hydrogens (tertiary/aromatic N) is 1. The highest BCUT2D eigenvalue weighted by Crippen LogP contribution is 2.62. The number of ether oxygens (including phenoxy) is 3. The zero-order chi connectivity index (χ0) is 40.1. The Kier molecular flexibility index (Phi) is 20.6. The molecule has 4 aliphatic rings. The van der Waals surface area contributed by atoms with E-state index < -0.39 is 5.79 Å². The highest BCUT2D eigenvalue weighted by molar-refractivity contribution is 8.00. The van der Waals surface area contributed by atoms with Crippen LogP contribution in [0.1, 0.15) is 173 Å². The summed E-state index contributed by atoms with van der Waals surface area (Å²) in [4.78, 5) is 6.23. The maximum atomic E-state index is 10.9. The lowest BCUT2D eigenvalue weighted by Gasteiger charge is -2.58. The van der Waals surface area contributed by atoms with Gasteiger partial charge in [-0.25, -0.2) is 0 Å². The molecular weight excluding hydrogens is 735 g/mol. The Morgan fingerprint density at radius 2 is 1.56 bits per heavy atom. The molecule has 322 valence electrons. The molecule has 1 aromatic rings. The summed E-state index contributed by atoms with van der Waals surface area (Å²) in [7, 11) is 0. The molecular formula is C48H77NO7S. The smallest absolute Gasteiger partial charge is 0.230 e. The molecule has 8 nitrogen and oxygen atoms in total. The van der Waals surface area contributed by atoms with Crippen molar-refractivity contribution in [2.75, 3.05) is 32.2 Å². The number of phenolic OH excluding ortho intramolecular Hbond substituents is 1. The van der Waals surface area contributed by atoms with E-state index >= 15 is 0 Å². The lowest BCUT2D eigenvalue weighted by Crippen LogP contribution is -2.64. The van der Waals surface area contributed by atoms with Gasteiger partial charge < -0.3 is 34.4 Å². The van der Waals surface area contributed by atoms with Gasteiger partial charge in [0.15, 0.2) is 0 Å². The molecule has 0 bridgehead atoms. The molecule has 3 N–H and O–H groups in total. The number of benzene rings is 1. The fourth-order valence-corrected chi connectivity index (χ4v) is 11.4. The van der Waals surface area contributed by atoms with Gasteiger partial charge >= 0.3 is 0 Å². The Balaban J connectivity index is 1.36. The average molecular weight is 812 g/mol. The molecule has 57 heavy (non-hydrogen) atoms. The first-order chi connectivity index (χ1) is 28.1. The van der Waals surface area contributed by atoms with Crippen LogP contribution in [-0.2, 0) is 14.3 Å². The molecule has 7 atom stereocenters. The number of hydrogen-bond acceptors (Lipinski definition) is 9. The summed E-state index contributed by atoms with van der Waals surface area (Å²) in [6, 6.07) is 5.55. The number of aromatic hydroxyl groups is 1. The molecule has 0 radical (unpaired) electrons. The number of fused-ring (bicyclic) bond motifs is 2. The van der Waals surface area contributed by atoms with Crippen LogP contribution in [0.25, 0.3) is 0 Å². The lowest BCUT2D eigenvalue weighted by molar-refractivity contribution is -0.223. The van der Waals surface area contributed by atoms with Crippen LogP contribution in [0.3, 0.4) is 0 Å².